The molecule has 0 radical (unpaired) electrons. The topological polar surface area (TPSA) is 27.7 Å². The summed E-state index contributed by atoms with van der Waals surface area (Å²) in [6.07, 6.45) is 2.78. The Morgan fingerprint density at radius 2 is 1.89 bits per heavy atom. The first-order chi connectivity index (χ1) is 8.60. The van der Waals surface area contributed by atoms with Crippen LogP contribution in [-0.2, 0) is 4.74 Å². The summed E-state index contributed by atoms with van der Waals surface area (Å²) >= 11 is 0. The highest BCUT2D eigenvalue weighted by molar-refractivity contribution is 5.04. The van der Waals surface area contributed by atoms with E-state index in [0.29, 0.717) is 17.6 Å². The molecule has 106 valence electrons. The number of piperazine rings is 1. The van der Waals surface area contributed by atoms with Crippen LogP contribution in [0.4, 0.5) is 0 Å². The minimum Gasteiger partial charge on any atom is -0.378 e. The van der Waals surface area contributed by atoms with Gasteiger partial charge < -0.3 is 9.64 Å². The van der Waals surface area contributed by atoms with Gasteiger partial charge in [-0.1, -0.05) is 13.8 Å². The Kier molecular flexibility index (Phi) is 4.64. The second-order valence-corrected chi connectivity index (χ2v) is 6.01. The first-order valence-electron chi connectivity index (χ1n) is 7.41. The van der Waals surface area contributed by atoms with Crippen LogP contribution in [0.1, 0.15) is 33.6 Å². The van der Waals surface area contributed by atoms with Crippen LogP contribution in [0.3, 0.4) is 0 Å². The van der Waals surface area contributed by atoms with Crippen LogP contribution in [0.25, 0.3) is 0 Å². The molecule has 1 saturated carbocycles. The average molecular weight is 255 g/mol. The molecule has 0 aromatic rings. The van der Waals surface area contributed by atoms with Gasteiger partial charge in [0.15, 0.2) is 0 Å². The molecule has 1 aliphatic carbocycles. The number of hydrogen-bond acceptors (Lipinski definition) is 4. The molecule has 18 heavy (non-hydrogen) atoms. The molecular weight excluding hydrogens is 226 g/mol. The zero-order chi connectivity index (χ0) is 13.2. The molecular formula is C14H29N3O. The van der Waals surface area contributed by atoms with Gasteiger partial charge in [-0.05, 0) is 26.8 Å². The summed E-state index contributed by atoms with van der Waals surface area (Å²) < 4.78 is 5.85. The average Bonchev–Trinajstić information content (AvgIpc) is 2.39. The Balaban J connectivity index is 1.83. The number of hydrogen-bond donors (Lipinski definition) is 1. The second-order valence-electron chi connectivity index (χ2n) is 6.01. The summed E-state index contributed by atoms with van der Waals surface area (Å²) in [6.45, 7) is 12.2. The van der Waals surface area contributed by atoms with E-state index in [1.54, 1.807) is 0 Å². The molecule has 0 amide bonds. The number of nitrogens with one attached hydrogen (secondary N) is 1. The fraction of sp³-hybridized carbons (Fsp3) is 1.00. The number of likely N-dealkylation sites (N-methyl/N-ethyl adjacent to an activating group) is 1. The molecule has 3 unspecified atom stereocenters. The zero-order valence-corrected chi connectivity index (χ0v) is 12.4. The van der Waals surface area contributed by atoms with E-state index in [0.717, 1.165) is 39.2 Å². The molecule has 1 aliphatic heterocycles. The van der Waals surface area contributed by atoms with Crippen molar-refractivity contribution in [2.75, 3.05) is 39.8 Å². The molecule has 2 rings (SSSR count). The molecule has 0 aromatic carbocycles. The predicted octanol–water partition coefficient (Wildman–Crippen LogP) is 1.33. The van der Waals surface area contributed by atoms with E-state index in [1.165, 1.54) is 6.42 Å². The van der Waals surface area contributed by atoms with Crippen molar-refractivity contribution in [2.45, 2.75) is 45.8 Å². The van der Waals surface area contributed by atoms with Crippen molar-refractivity contribution >= 4 is 0 Å². The number of rotatable bonds is 5. The van der Waals surface area contributed by atoms with Gasteiger partial charge in [-0.2, -0.15) is 0 Å². The third kappa shape index (κ3) is 2.72. The van der Waals surface area contributed by atoms with Gasteiger partial charge in [0.2, 0.25) is 0 Å². The van der Waals surface area contributed by atoms with Crippen molar-refractivity contribution < 1.29 is 4.74 Å². The van der Waals surface area contributed by atoms with Crippen molar-refractivity contribution in [2.24, 2.45) is 5.41 Å². The lowest BCUT2D eigenvalue weighted by Crippen LogP contribution is -2.67. The lowest BCUT2D eigenvalue weighted by atomic mass is 9.61. The predicted molar refractivity (Wildman–Crippen MR) is 74.4 cm³/mol. The summed E-state index contributed by atoms with van der Waals surface area (Å²) in [5.74, 6) is 0. The van der Waals surface area contributed by atoms with Crippen LogP contribution in [0.2, 0.25) is 0 Å². The maximum absolute atomic E-state index is 5.85. The fourth-order valence-electron chi connectivity index (χ4n) is 3.11. The van der Waals surface area contributed by atoms with Gasteiger partial charge in [-0.25, -0.2) is 5.01 Å². The molecule has 4 heteroatoms. The lowest BCUT2D eigenvalue weighted by molar-refractivity contribution is -0.144. The quantitative estimate of drug-likeness (QED) is 0.802. The third-order valence-corrected chi connectivity index (χ3v) is 4.95. The van der Waals surface area contributed by atoms with Crippen molar-refractivity contribution in [3.63, 3.8) is 0 Å². The van der Waals surface area contributed by atoms with Gasteiger partial charge >= 0.3 is 0 Å². The van der Waals surface area contributed by atoms with Crippen LogP contribution in [0.15, 0.2) is 0 Å². The van der Waals surface area contributed by atoms with Gasteiger partial charge in [0, 0.05) is 44.2 Å². The van der Waals surface area contributed by atoms with Gasteiger partial charge in [0.1, 0.15) is 0 Å². The van der Waals surface area contributed by atoms with Crippen LogP contribution < -0.4 is 5.43 Å². The molecule has 2 aliphatic rings. The molecule has 4 nitrogen and oxygen atoms in total. The van der Waals surface area contributed by atoms with Crippen LogP contribution in [0.5, 0.6) is 0 Å². The smallest absolute Gasteiger partial charge is 0.0659 e. The summed E-state index contributed by atoms with van der Waals surface area (Å²) in [5.41, 5.74) is 4.04. The van der Waals surface area contributed by atoms with Crippen molar-refractivity contribution in [3.8, 4) is 0 Å². The minimum absolute atomic E-state index is 0.305. The lowest BCUT2D eigenvalue weighted by Gasteiger charge is -2.55. The third-order valence-electron chi connectivity index (χ3n) is 4.95. The summed E-state index contributed by atoms with van der Waals surface area (Å²) in [6, 6.07) is 0.586. The molecule has 1 N–H and O–H groups in total. The van der Waals surface area contributed by atoms with Crippen LogP contribution >= 0.6 is 0 Å². The van der Waals surface area contributed by atoms with E-state index in [9.17, 15) is 0 Å². The van der Waals surface area contributed by atoms with Crippen LogP contribution in [0, 0.1) is 5.41 Å². The molecule has 0 aromatic heterocycles. The summed E-state index contributed by atoms with van der Waals surface area (Å²) in [4.78, 5) is 2.39. The maximum atomic E-state index is 5.85. The first kappa shape index (κ1) is 14.3. The van der Waals surface area contributed by atoms with Gasteiger partial charge in [-0.15, -0.1) is 0 Å². The highest BCUT2D eigenvalue weighted by Crippen LogP contribution is 2.45. The standard InChI is InChI=1S/C14H29N3O/c1-5-14(3)12(11-13(14)18-6-2)15-17-9-7-16(4)8-10-17/h12-13,15H,5-11H2,1-4H3. The molecule has 0 spiro atoms. The van der Waals surface area contributed by atoms with Crippen molar-refractivity contribution in [3.05, 3.63) is 0 Å². The van der Waals surface area contributed by atoms with Crippen LogP contribution in [-0.4, -0.2) is 61.9 Å². The normalized spacial score (nSPS) is 38.7. The molecule has 2 fully saturated rings. The van der Waals surface area contributed by atoms with Gasteiger partial charge in [0.25, 0.3) is 0 Å². The maximum Gasteiger partial charge on any atom is 0.0659 e. The SMILES string of the molecule is CCOC1CC(NN2CCN(C)CC2)C1(C)CC. The molecule has 3 atom stereocenters. The Labute approximate surface area is 112 Å². The minimum atomic E-state index is 0.305. The molecule has 0 bridgehead atoms. The monoisotopic (exact) mass is 255 g/mol. The number of hydrazine groups is 1. The van der Waals surface area contributed by atoms with Crippen molar-refractivity contribution in [1.29, 1.82) is 0 Å². The highest BCUT2D eigenvalue weighted by Gasteiger charge is 2.51. The van der Waals surface area contributed by atoms with Gasteiger partial charge in [0.05, 0.1) is 6.10 Å². The van der Waals surface area contributed by atoms with Crippen molar-refractivity contribution in [1.82, 2.24) is 15.3 Å². The summed E-state index contributed by atoms with van der Waals surface area (Å²) in [7, 11) is 2.20. The van der Waals surface area contributed by atoms with E-state index in [-0.39, 0.29) is 0 Å². The van der Waals surface area contributed by atoms with E-state index in [1.807, 2.05) is 0 Å². The van der Waals surface area contributed by atoms with Gasteiger partial charge in [-0.3, -0.25) is 5.43 Å². The second kappa shape index (κ2) is 5.87. The van der Waals surface area contributed by atoms with E-state index >= 15 is 0 Å². The number of nitrogens with zero attached hydrogens (tertiary/aromatic N) is 2. The number of ether oxygens (including phenoxy) is 1. The molecule has 1 heterocycles. The Morgan fingerprint density at radius 3 is 2.44 bits per heavy atom. The Bertz CT molecular complexity index is 266. The van der Waals surface area contributed by atoms with E-state index < -0.39 is 0 Å². The highest BCUT2D eigenvalue weighted by atomic mass is 16.5. The summed E-state index contributed by atoms with van der Waals surface area (Å²) in [5, 5.41) is 2.40. The van der Waals surface area contributed by atoms with E-state index in [4.69, 9.17) is 4.74 Å². The fourth-order valence-corrected chi connectivity index (χ4v) is 3.11. The Hall–Kier alpha value is -0.160. The zero-order valence-electron chi connectivity index (χ0n) is 12.4. The largest absolute Gasteiger partial charge is 0.378 e. The van der Waals surface area contributed by atoms with E-state index in [2.05, 4.69) is 43.2 Å². The Morgan fingerprint density at radius 1 is 1.22 bits per heavy atom. The molecule has 1 saturated heterocycles. The first-order valence-corrected chi connectivity index (χ1v) is 7.41.